The minimum atomic E-state index is -0.353. The molecule has 0 bridgehead atoms. The summed E-state index contributed by atoms with van der Waals surface area (Å²) in [7, 11) is 0. The second kappa shape index (κ2) is 9.42. The van der Waals surface area contributed by atoms with Crippen molar-refractivity contribution < 1.29 is 14.3 Å². The Morgan fingerprint density at radius 1 is 1.08 bits per heavy atom. The fraction of sp³-hybridized carbons (Fsp3) is 0.238. The molecule has 0 saturated heterocycles. The van der Waals surface area contributed by atoms with E-state index in [4.69, 9.17) is 4.74 Å². The van der Waals surface area contributed by atoms with Gasteiger partial charge in [-0.1, -0.05) is 48.0 Å². The Kier molecular flexibility index (Phi) is 6.97. The molecular weight excluding hydrogens is 328 g/mol. The second-order valence-electron chi connectivity index (χ2n) is 6.02. The summed E-state index contributed by atoms with van der Waals surface area (Å²) in [4.78, 5) is 23.7. The predicted molar refractivity (Wildman–Crippen MR) is 103 cm³/mol. The van der Waals surface area contributed by atoms with Crippen molar-refractivity contribution in [2.75, 3.05) is 13.2 Å². The number of benzene rings is 2. The lowest BCUT2D eigenvalue weighted by molar-refractivity contribution is -0.122. The Labute approximate surface area is 154 Å². The van der Waals surface area contributed by atoms with Gasteiger partial charge >= 0.3 is 0 Å². The van der Waals surface area contributed by atoms with Crippen LogP contribution in [0, 0.1) is 13.8 Å². The predicted octanol–water partition coefficient (Wildman–Crippen LogP) is 2.98. The van der Waals surface area contributed by atoms with Crippen LogP contribution in [0.5, 0.6) is 5.75 Å². The highest BCUT2D eigenvalue weighted by atomic mass is 16.5. The highest BCUT2D eigenvalue weighted by Gasteiger charge is 2.11. The molecule has 2 amide bonds. The molecule has 0 fully saturated rings. The Morgan fingerprint density at radius 2 is 1.81 bits per heavy atom. The molecule has 0 radical (unpaired) electrons. The van der Waals surface area contributed by atoms with Gasteiger partial charge in [0.05, 0.1) is 6.54 Å². The third-order valence-electron chi connectivity index (χ3n) is 3.64. The van der Waals surface area contributed by atoms with Gasteiger partial charge in [-0.2, -0.15) is 0 Å². The average molecular weight is 352 g/mol. The van der Waals surface area contributed by atoms with Gasteiger partial charge in [0.25, 0.3) is 5.91 Å². The third kappa shape index (κ3) is 6.09. The summed E-state index contributed by atoms with van der Waals surface area (Å²) in [6.07, 6.45) is 1.64. The molecule has 0 aromatic heterocycles. The zero-order valence-corrected chi connectivity index (χ0v) is 15.3. The molecule has 0 aliphatic heterocycles. The van der Waals surface area contributed by atoms with Crippen LogP contribution < -0.4 is 15.4 Å². The topological polar surface area (TPSA) is 67.4 Å². The Bertz CT molecular complexity index is 798. The van der Waals surface area contributed by atoms with Crippen molar-refractivity contribution >= 4 is 17.9 Å². The number of amides is 2. The lowest BCUT2D eigenvalue weighted by atomic mass is 10.1. The van der Waals surface area contributed by atoms with E-state index in [2.05, 4.69) is 10.6 Å². The molecule has 5 nitrogen and oxygen atoms in total. The first kappa shape index (κ1) is 19.2. The smallest absolute Gasteiger partial charge is 0.267 e. The Hall–Kier alpha value is -3.08. The van der Waals surface area contributed by atoms with Gasteiger partial charge in [0.2, 0.25) is 5.91 Å². The molecule has 0 atom stereocenters. The van der Waals surface area contributed by atoms with E-state index < -0.39 is 0 Å². The summed E-state index contributed by atoms with van der Waals surface area (Å²) in [6.45, 7) is 6.06. The summed E-state index contributed by atoms with van der Waals surface area (Å²) >= 11 is 0. The number of carbonyl (C=O) groups excluding carboxylic acids is 2. The van der Waals surface area contributed by atoms with Crippen LogP contribution >= 0.6 is 0 Å². The molecule has 0 heterocycles. The lowest BCUT2D eigenvalue weighted by Crippen LogP contribution is -2.35. The molecule has 0 aliphatic rings. The van der Waals surface area contributed by atoms with E-state index >= 15 is 0 Å². The first-order chi connectivity index (χ1) is 12.5. The maximum absolute atomic E-state index is 12.4. The first-order valence-electron chi connectivity index (χ1n) is 8.48. The van der Waals surface area contributed by atoms with Crippen LogP contribution in [0.1, 0.15) is 23.6 Å². The summed E-state index contributed by atoms with van der Waals surface area (Å²) in [5.74, 6) is 0.147. The maximum atomic E-state index is 12.4. The van der Waals surface area contributed by atoms with Crippen molar-refractivity contribution in [3.63, 3.8) is 0 Å². The van der Waals surface area contributed by atoms with Gasteiger partial charge < -0.3 is 15.4 Å². The Morgan fingerprint density at radius 3 is 2.46 bits per heavy atom. The minimum absolute atomic E-state index is 0.204. The summed E-state index contributed by atoms with van der Waals surface area (Å²) in [6, 6.07) is 15.3. The van der Waals surface area contributed by atoms with Crippen LogP contribution in [0.15, 0.2) is 54.2 Å². The van der Waals surface area contributed by atoms with E-state index in [1.165, 1.54) is 12.5 Å². The molecule has 0 unspecified atom stereocenters. The van der Waals surface area contributed by atoms with Crippen LogP contribution in [0.3, 0.4) is 0 Å². The van der Waals surface area contributed by atoms with Gasteiger partial charge in [-0.05, 0) is 37.1 Å². The number of ether oxygens (including phenoxy) is 1. The number of aryl methyl sites for hydroxylation is 2. The van der Waals surface area contributed by atoms with Crippen molar-refractivity contribution in [3.8, 4) is 5.75 Å². The fourth-order valence-electron chi connectivity index (χ4n) is 2.45. The van der Waals surface area contributed by atoms with Gasteiger partial charge in [0.15, 0.2) is 0 Å². The van der Waals surface area contributed by atoms with Crippen LogP contribution in [0.2, 0.25) is 0 Å². The van der Waals surface area contributed by atoms with Crippen molar-refractivity contribution in [1.29, 1.82) is 0 Å². The lowest BCUT2D eigenvalue weighted by Gasteiger charge is -2.12. The van der Waals surface area contributed by atoms with E-state index in [1.54, 1.807) is 6.08 Å². The molecule has 2 rings (SSSR count). The van der Waals surface area contributed by atoms with Gasteiger partial charge in [-0.15, -0.1) is 0 Å². The fourth-order valence-corrected chi connectivity index (χ4v) is 2.45. The monoisotopic (exact) mass is 352 g/mol. The summed E-state index contributed by atoms with van der Waals surface area (Å²) in [5.41, 5.74) is 3.27. The molecule has 5 heteroatoms. The second-order valence-corrected chi connectivity index (χ2v) is 6.02. The van der Waals surface area contributed by atoms with E-state index in [0.717, 1.165) is 16.9 Å². The molecule has 26 heavy (non-hydrogen) atoms. The number of hydrogen-bond donors (Lipinski definition) is 2. The molecule has 0 spiro atoms. The summed E-state index contributed by atoms with van der Waals surface area (Å²) < 4.78 is 5.70. The van der Waals surface area contributed by atoms with E-state index in [-0.39, 0.29) is 17.5 Å². The van der Waals surface area contributed by atoms with E-state index in [9.17, 15) is 9.59 Å². The van der Waals surface area contributed by atoms with Crippen molar-refractivity contribution in [1.82, 2.24) is 10.6 Å². The van der Waals surface area contributed by atoms with Crippen molar-refractivity contribution in [2.45, 2.75) is 20.8 Å². The van der Waals surface area contributed by atoms with Crippen LogP contribution in [-0.4, -0.2) is 25.0 Å². The number of carbonyl (C=O) groups is 2. The Balaban J connectivity index is 1.92. The highest BCUT2D eigenvalue weighted by molar-refractivity contribution is 6.00. The van der Waals surface area contributed by atoms with Gasteiger partial charge in [0.1, 0.15) is 18.1 Å². The molecule has 2 N–H and O–H groups in total. The molecule has 2 aromatic rings. The third-order valence-corrected chi connectivity index (χ3v) is 3.64. The molecule has 0 saturated carbocycles. The molecular formula is C21H24N2O3. The first-order valence-corrected chi connectivity index (χ1v) is 8.48. The van der Waals surface area contributed by atoms with Gasteiger partial charge in [-0.25, -0.2) is 0 Å². The minimum Gasteiger partial charge on any atom is -0.491 e. The molecule has 0 aliphatic carbocycles. The van der Waals surface area contributed by atoms with Crippen LogP contribution in [0.4, 0.5) is 0 Å². The highest BCUT2D eigenvalue weighted by Crippen LogP contribution is 2.18. The largest absolute Gasteiger partial charge is 0.491 e. The standard InChI is InChI=1S/C21H24N2O3/c1-15-9-10-20(16(2)13-15)26-12-11-22-21(25)19(23-17(3)24)14-18-7-5-4-6-8-18/h4-10,13-14H,11-12H2,1-3H3,(H,22,25)(H,23,24)/b19-14-. The SMILES string of the molecule is CC(=O)N/C(=C\c1ccccc1)C(=O)NCCOc1ccc(C)cc1C. The van der Waals surface area contributed by atoms with Gasteiger partial charge in [0, 0.05) is 6.92 Å². The zero-order chi connectivity index (χ0) is 18.9. The van der Waals surface area contributed by atoms with Crippen molar-refractivity contribution in [2.24, 2.45) is 0 Å². The summed E-state index contributed by atoms with van der Waals surface area (Å²) in [5, 5.41) is 5.33. The van der Waals surface area contributed by atoms with Crippen LogP contribution in [0.25, 0.3) is 6.08 Å². The average Bonchev–Trinajstić information content (AvgIpc) is 2.60. The van der Waals surface area contributed by atoms with E-state index in [1.807, 2.05) is 62.4 Å². The molecule has 136 valence electrons. The van der Waals surface area contributed by atoms with Crippen molar-refractivity contribution in [3.05, 3.63) is 70.9 Å². The maximum Gasteiger partial charge on any atom is 0.267 e. The zero-order valence-electron chi connectivity index (χ0n) is 15.3. The normalized spacial score (nSPS) is 11.0. The van der Waals surface area contributed by atoms with E-state index in [0.29, 0.717) is 13.2 Å². The quantitative estimate of drug-likeness (QED) is 0.595. The number of nitrogens with one attached hydrogen (secondary N) is 2. The van der Waals surface area contributed by atoms with Crippen LogP contribution in [-0.2, 0) is 9.59 Å². The number of rotatable bonds is 7. The van der Waals surface area contributed by atoms with Gasteiger partial charge in [-0.3, -0.25) is 9.59 Å². The molecule has 2 aromatic carbocycles. The number of hydrogen-bond acceptors (Lipinski definition) is 3.